The highest BCUT2D eigenvalue weighted by Gasteiger charge is 2.08. The van der Waals surface area contributed by atoms with Crippen molar-refractivity contribution in [1.82, 2.24) is 15.0 Å². The second-order valence-electron chi connectivity index (χ2n) is 4.29. The van der Waals surface area contributed by atoms with Crippen LogP contribution in [-0.2, 0) is 0 Å². The Balaban J connectivity index is 2.10. The minimum atomic E-state index is 0.140. The van der Waals surface area contributed by atoms with E-state index in [0.29, 0.717) is 10.8 Å². The Morgan fingerprint density at radius 3 is 2.75 bits per heavy atom. The summed E-state index contributed by atoms with van der Waals surface area (Å²) in [4.78, 5) is 12.4. The Morgan fingerprint density at radius 2 is 1.90 bits per heavy atom. The highest BCUT2D eigenvalue weighted by molar-refractivity contribution is 6.33. The predicted molar refractivity (Wildman–Crippen MR) is 81.8 cm³/mol. The Bertz CT molecular complexity index is 789. The average molecular weight is 305 g/mol. The van der Waals surface area contributed by atoms with Gasteiger partial charge in [-0.2, -0.15) is 4.98 Å². The molecule has 1 aromatic carbocycles. The fourth-order valence-electron chi connectivity index (χ4n) is 1.91. The van der Waals surface area contributed by atoms with Crippen LogP contribution in [-0.4, -0.2) is 15.0 Å². The number of nitrogens with zero attached hydrogens (tertiary/aromatic N) is 3. The Hall–Kier alpha value is -1.91. The molecule has 0 aliphatic rings. The van der Waals surface area contributed by atoms with Crippen LogP contribution < -0.4 is 5.32 Å². The first kappa shape index (κ1) is 13.1. The van der Waals surface area contributed by atoms with E-state index in [1.807, 2.05) is 37.3 Å². The number of rotatable bonds is 2. The Morgan fingerprint density at radius 1 is 1.05 bits per heavy atom. The third-order valence-corrected chi connectivity index (χ3v) is 3.29. The van der Waals surface area contributed by atoms with Gasteiger partial charge in [-0.3, -0.25) is 4.98 Å². The summed E-state index contributed by atoms with van der Waals surface area (Å²) in [7, 11) is 0. The van der Waals surface area contributed by atoms with E-state index in [4.69, 9.17) is 23.2 Å². The number of para-hydroxylation sites is 1. The third kappa shape index (κ3) is 2.53. The van der Waals surface area contributed by atoms with Crippen molar-refractivity contribution in [2.45, 2.75) is 6.92 Å². The summed E-state index contributed by atoms with van der Waals surface area (Å²) in [6, 6.07) is 9.86. The summed E-state index contributed by atoms with van der Waals surface area (Å²) in [5.74, 6) is 0.461. The van der Waals surface area contributed by atoms with Gasteiger partial charge >= 0.3 is 0 Å². The summed E-state index contributed by atoms with van der Waals surface area (Å²) in [5.41, 5.74) is 2.62. The normalized spacial score (nSPS) is 10.8. The zero-order valence-corrected chi connectivity index (χ0v) is 12.1. The van der Waals surface area contributed by atoms with Gasteiger partial charge in [0.2, 0.25) is 5.28 Å². The van der Waals surface area contributed by atoms with Gasteiger partial charge in [0.25, 0.3) is 0 Å². The molecule has 4 nitrogen and oxygen atoms in total. The number of hydrogen-bond donors (Lipinski definition) is 1. The zero-order chi connectivity index (χ0) is 14.1. The van der Waals surface area contributed by atoms with Crippen LogP contribution in [0.15, 0.2) is 36.5 Å². The summed E-state index contributed by atoms with van der Waals surface area (Å²) in [6.45, 7) is 1.95. The third-order valence-electron chi connectivity index (χ3n) is 2.83. The van der Waals surface area contributed by atoms with Crippen LogP contribution in [0.2, 0.25) is 10.3 Å². The second-order valence-corrected chi connectivity index (χ2v) is 5.04. The predicted octanol–water partition coefficient (Wildman–Crippen LogP) is 4.38. The van der Waals surface area contributed by atoms with Gasteiger partial charge in [-0.05, 0) is 30.7 Å². The molecule has 3 aromatic rings. The van der Waals surface area contributed by atoms with Gasteiger partial charge < -0.3 is 5.32 Å². The number of hydrogen-bond acceptors (Lipinski definition) is 4. The van der Waals surface area contributed by atoms with Gasteiger partial charge in [0.1, 0.15) is 5.02 Å². The summed E-state index contributed by atoms with van der Waals surface area (Å²) in [6.07, 6.45) is 1.46. The van der Waals surface area contributed by atoms with E-state index in [0.717, 1.165) is 22.3 Å². The standard InChI is InChI=1S/C14H10Cl2N4/c1-8-5-6-9-3-2-4-11(12(9)18-8)19-13-10(15)7-17-14(16)20-13/h2-7H,1H3,(H,17,19,20). The maximum Gasteiger partial charge on any atom is 0.224 e. The molecular formula is C14H10Cl2N4. The summed E-state index contributed by atoms with van der Waals surface area (Å²) >= 11 is 11.9. The van der Waals surface area contributed by atoms with E-state index in [9.17, 15) is 0 Å². The molecule has 0 radical (unpaired) electrons. The lowest BCUT2D eigenvalue weighted by atomic mass is 10.1. The van der Waals surface area contributed by atoms with Gasteiger partial charge in [0, 0.05) is 11.1 Å². The van der Waals surface area contributed by atoms with Crippen molar-refractivity contribution in [3.63, 3.8) is 0 Å². The molecule has 0 spiro atoms. The first-order valence-electron chi connectivity index (χ1n) is 5.95. The van der Waals surface area contributed by atoms with Crippen LogP contribution in [0.25, 0.3) is 10.9 Å². The maximum atomic E-state index is 6.06. The van der Waals surface area contributed by atoms with Crippen LogP contribution >= 0.6 is 23.2 Å². The lowest BCUT2D eigenvalue weighted by molar-refractivity contribution is 1.17. The number of halogens is 2. The number of pyridine rings is 1. The summed E-state index contributed by atoms with van der Waals surface area (Å²) < 4.78 is 0. The molecular weight excluding hydrogens is 295 g/mol. The fraction of sp³-hybridized carbons (Fsp3) is 0.0714. The molecule has 0 fully saturated rings. The molecule has 20 heavy (non-hydrogen) atoms. The van der Waals surface area contributed by atoms with E-state index in [1.54, 1.807) is 0 Å². The highest BCUT2D eigenvalue weighted by atomic mass is 35.5. The molecule has 0 unspecified atom stereocenters. The molecule has 0 saturated carbocycles. The fourth-order valence-corrected chi connectivity index (χ4v) is 2.18. The molecule has 3 rings (SSSR count). The topological polar surface area (TPSA) is 50.7 Å². The number of nitrogens with one attached hydrogen (secondary N) is 1. The molecule has 100 valence electrons. The van der Waals surface area contributed by atoms with Crippen LogP contribution in [0.1, 0.15) is 5.69 Å². The monoisotopic (exact) mass is 304 g/mol. The van der Waals surface area contributed by atoms with Crippen molar-refractivity contribution < 1.29 is 0 Å². The molecule has 0 saturated heterocycles. The molecule has 0 bridgehead atoms. The quantitative estimate of drug-likeness (QED) is 0.714. The SMILES string of the molecule is Cc1ccc2cccc(Nc3nc(Cl)ncc3Cl)c2n1. The molecule has 0 aliphatic carbocycles. The smallest absolute Gasteiger partial charge is 0.224 e. The molecule has 2 heterocycles. The molecule has 6 heteroatoms. The van der Waals surface area contributed by atoms with Crippen molar-refractivity contribution in [2.24, 2.45) is 0 Å². The van der Waals surface area contributed by atoms with E-state index in [-0.39, 0.29) is 5.28 Å². The number of fused-ring (bicyclic) bond motifs is 1. The molecule has 0 atom stereocenters. The van der Waals surface area contributed by atoms with Gasteiger partial charge in [0.05, 0.1) is 17.4 Å². The molecule has 1 N–H and O–H groups in total. The minimum Gasteiger partial charge on any atom is -0.337 e. The van der Waals surface area contributed by atoms with Crippen molar-refractivity contribution in [1.29, 1.82) is 0 Å². The van der Waals surface area contributed by atoms with Gasteiger partial charge in [-0.15, -0.1) is 0 Å². The van der Waals surface area contributed by atoms with E-state index in [2.05, 4.69) is 20.3 Å². The van der Waals surface area contributed by atoms with Crippen molar-refractivity contribution in [2.75, 3.05) is 5.32 Å². The first-order valence-corrected chi connectivity index (χ1v) is 6.70. The zero-order valence-electron chi connectivity index (χ0n) is 10.6. The van der Waals surface area contributed by atoms with E-state index < -0.39 is 0 Å². The lowest BCUT2D eigenvalue weighted by Crippen LogP contribution is -1.98. The van der Waals surface area contributed by atoms with Crippen molar-refractivity contribution in [3.05, 3.63) is 52.5 Å². The highest BCUT2D eigenvalue weighted by Crippen LogP contribution is 2.28. The molecule has 0 amide bonds. The van der Waals surface area contributed by atoms with Crippen molar-refractivity contribution >= 4 is 45.6 Å². The van der Waals surface area contributed by atoms with Crippen LogP contribution in [0.5, 0.6) is 0 Å². The summed E-state index contributed by atoms with van der Waals surface area (Å²) in [5, 5.41) is 4.73. The van der Waals surface area contributed by atoms with Crippen LogP contribution in [0.4, 0.5) is 11.5 Å². The minimum absolute atomic E-state index is 0.140. The number of aromatic nitrogens is 3. The van der Waals surface area contributed by atoms with Crippen LogP contribution in [0.3, 0.4) is 0 Å². The number of benzene rings is 1. The Labute approximate surface area is 125 Å². The van der Waals surface area contributed by atoms with Gasteiger partial charge in [0.15, 0.2) is 5.82 Å². The van der Waals surface area contributed by atoms with E-state index in [1.165, 1.54) is 6.20 Å². The molecule has 0 aliphatic heterocycles. The molecule has 2 aromatic heterocycles. The van der Waals surface area contributed by atoms with E-state index >= 15 is 0 Å². The number of aryl methyl sites for hydroxylation is 1. The Kier molecular flexibility index (Phi) is 3.42. The second kappa shape index (κ2) is 5.23. The van der Waals surface area contributed by atoms with Gasteiger partial charge in [-0.25, -0.2) is 4.98 Å². The van der Waals surface area contributed by atoms with Gasteiger partial charge in [-0.1, -0.05) is 29.8 Å². The first-order chi connectivity index (χ1) is 9.63. The maximum absolute atomic E-state index is 6.06. The lowest BCUT2D eigenvalue weighted by Gasteiger charge is -2.10. The van der Waals surface area contributed by atoms with Crippen LogP contribution in [0, 0.1) is 6.92 Å². The van der Waals surface area contributed by atoms with Crippen molar-refractivity contribution in [3.8, 4) is 0 Å². The number of anilines is 2. The largest absolute Gasteiger partial charge is 0.337 e. The average Bonchev–Trinajstić information content (AvgIpc) is 2.43.